The highest BCUT2D eigenvalue weighted by atomic mass is 79.9. The van der Waals surface area contributed by atoms with Crippen molar-refractivity contribution in [3.8, 4) is 11.4 Å². The largest absolute Gasteiger partial charge is 0.373 e. The Morgan fingerprint density at radius 1 is 1.14 bits per heavy atom. The lowest BCUT2D eigenvalue weighted by Gasteiger charge is -2.13. The van der Waals surface area contributed by atoms with E-state index >= 15 is 0 Å². The number of nitrogens with zero attached hydrogens (tertiary/aromatic N) is 2. The molecule has 0 spiro atoms. The predicted octanol–water partition coefficient (Wildman–Crippen LogP) is 4.87. The summed E-state index contributed by atoms with van der Waals surface area (Å²) < 4.78 is 0.958. The summed E-state index contributed by atoms with van der Waals surface area (Å²) >= 11 is 9.77. The molecule has 3 rings (SSSR count). The fourth-order valence-electron chi connectivity index (χ4n) is 2.77. The van der Waals surface area contributed by atoms with Gasteiger partial charge in [0.15, 0.2) is 5.82 Å². The molecule has 3 nitrogen and oxygen atoms in total. The molecule has 0 bridgehead atoms. The van der Waals surface area contributed by atoms with Gasteiger partial charge in [0.25, 0.3) is 0 Å². The molecule has 1 N–H and O–H groups in total. The number of aryl methyl sites for hydroxylation is 1. The summed E-state index contributed by atoms with van der Waals surface area (Å²) in [6.45, 7) is 0. The zero-order valence-corrected chi connectivity index (χ0v) is 14.3. The highest BCUT2D eigenvalue weighted by molar-refractivity contribution is 9.10. The maximum atomic E-state index is 6.34. The average Bonchev–Trinajstić information content (AvgIpc) is 2.71. The van der Waals surface area contributed by atoms with Crippen molar-refractivity contribution < 1.29 is 0 Å². The van der Waals surface area contributed by atoms with Gasteiger partial charge in [0.05, 0.1) is 5.02 Å². The predicted molar refractivity (Wildman–Crippen MR) is 91.0 cm³/mol. The number of aromatic nitrogens is 2. The van der Waals surface area contributed by atoms with Gasteiger partial charge in [-0.1, -0.05) is 34.0 Å². The highest BCUT2D eigenvalue weighted by Crippen LogP contribution is 2.32. The van der Waals surface area contributed by atoms with Gasteiger partial charge in [-0.2, -0.15) is 0 Å². The number of hydrogen-bond donors (Lipinski definition) is 1. The van der Waals surface area contributed by atoms with Crippen LogP contribution in [0.15, 0.2) is 22.7 Å². The van der Waals surface area contributed by atoms with Crippen LogP contribution in [-0.2, 0) is 12.8 Å². The Morgan fingerprint density at radius 3 is 2.71 bits per heavy atom. The Bertz CT molecular complexity index is 673. The molecular weight excluding hydrogens is 350 g/mol. The topological polar surface area (TPSA) is 37.8 Å². The van der Waals surface area contributed by atoms with E-state index < -0.39 is 0 Å². The van der Waals surface area contributed by atoms with Crippen molar-refractivity contribution in [2.45, 2.75) is 32.1 Å². The lowest BCUT2D eigenvalue weighted by atomic mass is 10.1. The molecule has 21 heavy (non-hydrogen) atoms. The van der Waals surface area contributed by atoms with Crippen LogP contribution in [-0.4, -0.2) is 17.0 Å². The quantitative estimate of drug-likeness (QED) is 0.770. The molecule has 5 heteroatoms. The number of benzene rings is 1. The van der Waals surface area contributed by atoms with Gasteiger partial charge in [-0.05, 0) is 43.9 Å². The molecular formula is C16H17BrClN3. The van der Waals surface area contributed by atoms with E-state index in [4.69, 9.17) is 16.6 Å². The Morgan fingerprint density at radius 2 is 1.95 bits per heavy atom. The minimum atomic E-state index is 0.667. The molecule has 0 saturated carbocycles. The summed E-state index contributed by atoms with van der Waals surface area (Å²) in [7, 11) is 1.92. The molecule has 0 atom stereocenters. The second kappa shape index (κ2) is 6.32. The van der Waals surface area contributed by atoms with Crippen LogP contribution in [0.2, 0.25) is 5.02 Å². The van der Waals surface area contributed by atoms with Gasteiger partial charge in [0.2, 0.25) is 0 Å². The number of hydrogen-bond acceptors (Lipinski definition) is 3. The van der Waals surface area contributed by atoms with Crippen molar-refractivity contribution in [2.75, 3.05) is 12.4 Å². The van der Waals surface area contributed by atoms with Crippen LogP contribution in [0.25, 0.3) is 11.4 Å². The molecule has 0 amide bonds. The summed E-state index contributed by atoms with van der Waals surface area (Å²) in [4.78, 5) is 9.48. The first-order valence-corrected chi connectivity index (χ1v) is 8.39. The monoisotopic (exact) mass is 365 g/mol. The molecule has 0 radical (unpaired) electrons. The van der Waals surface area contributed by atoms with Crippen molar-refractivity contribution in [3.63, 3.8) is 0 Å². The third-order valence-corrected chi connectivity index (χ3v) is 4.65. The second-order valence-corrected chi connectivity index (χ2v) is 6.58. The zero-order chi connectivity index (χ0) is 14.8. The number of halogens is 2. The van der Waals surface area contributed by atoms with Crippen molar-refractivity contribution in [1.82, 2.24) is 9.97 Å². The molecule has 1 aliphatic rings. The van der Waals surface area contributed by atoms with Crippen molar-refractivity contribution >= 4 is 33.3 Å². The fraction of sp³-hybridized carbons (Fsp3) is 0.375. The summed E-state index contributed by atoms with van der Waals surface area (Å²) in [5.74, 6) is 1.65. The fourth-order valence-corrected chi connectivity index (χ4v) is 3.53. The maximum absolute atomic E-state index is 6.34. The molecule has 2 aromatic rings. The third-order valence-electron chi connectivity index (χ3n) is 3.84. The Labute approximate surface area is 138 Å². The minimum Gasteiger partial charge on any atom is -0.373 e. The average molecular weight is 367 g/mol. The molecule has 1 aromatic heterocycles. The van der Waals surface area contributed by atoms with Gasteiger partial charge in [-0.3, -0.25) is 0 Å². The highest BCUT2D eigenvalue weighted by Gasteiger charge is 2.17. The van der Waals surface area contributed by atoms with E-state index in [1.165, 1.54) is 30.5 Å². The van der Waals surface area contributed by atoms with Crippen LogP contribution in [0.3, 0.4) is 0 Å². The van der Waals surface area contributed by atoms with Crippen molar-refractivity contribution in [3.05, 3.63) is 39.0 Å². The van der Waals surface area contributed by atoms with Gasteiger partial charge < -0.3 is 5.32 Å². The van der Waals surface area contributed by atoms with Crippen LogP contribution >= 0.6 is 27.5 Å². The van der Waals surface area contributed by atoms with Gasteiger partial charge in [-0.25, -0.2) is 9.97 Å². The Hall–Kier alpha value is -1.13. The SMILES string of the molecule is CNc1nc(-c2ccc(Br)cc2Cl)nc2c1CCCCC2. The standard InChI is InChI=1S/C16H17BrClN3/c1-19-15-12-5-3-2-4-6-14(12)20-16(21-15)11-8-7-10(17)9-13(11)18/h7-9H,2-6H2,1H3,(H,19,20,21). The molecule has 0 saturated heterocycles. The Balaban J connectivity index is 2.13. The summed E-state index contributed by atoms with van der Waals surface area (Å²) in [5, 5.41) is 3.89. The van der Waals surface area contributed by atoms with E-state index in [-0.39, 0.29) is 0 Å². The van der Waals surface area contributed by atoms with Gasteiger partial charge >= 0.3 is 0 Å². The second-order valence-electron chi connectivity index (χ2n) is 5.26. The number of nitrogens with one attached hydrogen (secondary N) is 1. The van der Waals surface area contributed by atoms with E-state index in [2.05, 4.69) is 26.2 Å². The van der Waals surface area contributed by atoms with E-state index in [1.807, 2.05) is 25.2 Å². The summed E-state index contributed by atoms with van der Waals surface area (Å²) in [5.41, 5.74) is 3.32. The van der Waals surface area contributed by atoms with E-state index in [0.29, 0.717) is 10.8 Å². The molecule has 110 valence electrons. The van der Waals surface area contributed by atoms with Crippen molar-refractivity contribution in [1.29, 1.82) is 0 Å². The lowest BCUT2D eigenvalue weighted by Crippen LogP contribution is -2.07. The first kappa shape index (κ1) is 14.8. The molecule has 0 unspecified atom stereocenters. The lowest BCUT2D eigenvalue weighted by molar-refractivity contribution is 0.709. The molecule has 0 fully saturated rings. The van der Waals surface area contributed by atoms with Crippen LogP contribution in [0.1, 0.15) is 30.5 Å². The van der Waals surface area contributed by atoms with E-state index in [9.17, 15) is 0 Å². The van der Waals surface area contributed by atoms with Crippen LogP contribution in [0, 0.1) is 0 Å². The van der Waals surface area contributed by atoms with Crippen molar-refractivity contribution in [2.24, 2.45) is 0 Å². The number of rotatable bonds is 2. The van der Waals surface area contributed by atoms with E-state index in [1.54, 1.807) is 0 Å². The van der Waals surface area contributed by atoms with Crippen LogP contribution in [0.4, 0.5) is 5.82 Å². The molecule has 1 heterocycles. The summed E-state index contributed by atoms with van der Waals surface area (Å²) in [6, 6.07) is 5.81. The summed E-state index contributed by atoms with van der Waals surface area (Å²) in [6.07, 6.45) is 5.74. The van der Waals surface area contributed by atoms with Gasteiger partial charge in [0.1, 0.15) is 5.82 Å². The normalized spacial score (nSPS) is 14.4. The van der Waals surface area contributed by atoms with E-state index in [0.717, 1.165) is 28.7 Å². The number of anilines is 1. The van der Waals surface area contributed by atoms with Gasteiger partial charge in [-0.15, -0.1) is 0 Å². The first-order chi connectivity index (χ1) is 10.2. The first-order valence-electron chi connectivity index (χ1n) is 7.22. The van der Waals surface area contributed by atoms with Gasteiger partial charge in [0, 0.05) is 28.3 Å². The van der Waals surface area contributed by atoms with Crippen LogP contribution < -0.4 is 5.32 Å². The molecule has 1 aliphatic carbocycles. The minimum absolute atomic E-state index is 0.667. The number of fused-ring (bicyclic) bond motifs is 1. The third kappa shape index (κ3) is 3.06. The molecule has 0 aliphatic heterocycles. The Kier molecular flexibility index (Phi) is 4.45. The van der Waals surface area contributed by atoms with Crippen LogP contribution in [0.5, 0.6) is 0 Å². The zero-order valence-electron chi connectivity index (χ0n) is 11.9. The smallest absolute Gasteiger partial charge is 0.163 e. The molecule has 1 aromatic carbocycles. The maximum Gasteiger partial charge on any atom is 0.163 e.